The molecule has 2 aliphatic carbocycles. The summed E-state index contributed by atoms with van der Waals surface area (Å²) in [5.74, 6) is -1.94. The number of carbonyl (C=O) groups excluding carboxylic acids is 4. The van der Waals surface area contributed by atoms with Crippen molar-refractivity contribution in [1.82, 2.24) is 4.90 Å². The van der Waals surface area contributed by atoms with Crippen LogP contribution in [0.3, 0.4) is 0 Å². The van der Waals surface area contributed by atoms with Crippen LogP contribution in [0, 0.1) is 5.41 Å². The fraction of sp³-hybridized carbons (Fsp3) is 0.386. The fourth-order valence-corrected chi connectivity index (χ4v) is 8.21. The summed E-state index contributed by atoms with van der Waals surface area (Å²) in [7, 11) is 1.37. The molecule has 0 unspecified atom stereocenters. The van der Waals surface area contributed by atoms with Gasteiger partial charge in [0, 0.05) is 35.1 Å². The lowest BCUT2D eigenvalue weighted by molar-refractivity contribution is -0.147. The molecule has 0 spiro atoms. The van der Waals surface area contributed by atoms with Gasteiger partial charge in [0.25, 0.3) is 11.8 Å². The number of hydrogen-bond acceptors (Lipinski definition) is 7. The maximum absolute atomic E-state index is 13.9. The number of anilines is 2. The topological polar surface area (TPSA) is 142 Å². The van der Waals surface area contributed by atoms with Crippen LogP contribution in [-0.2, 0) is 46.6 Å². The minimum Gasteiger partial charge on any atom is -0.481 e. The number of rotatable bonds is 16. The minimum absolute atomic E-state index is 0.0815. The molecule has 6 rings (SSSR count). The van der Waals surface area contributed by atoms with E-state index in [9.17, 15) is 29.1 Å². The molecular weight excluding hydrogens is 715 g/mol. The Morgan fingerprint density at radius 3 is 2.16 bits per heavy atom. The molecule has 288 valence electrons. The van der Waals surface area contributed by atoms with Crippen LogP contribution < -0.4 is 10.6 Å². The summed E-state index contributed by atoms with van der Waals surface area (Å²) in [6.07, 6.45) is 8.53. The summed E-state index contributed by atoms with van der Waals surface area (Å²) in [6.45, 7) is 3.60. The zero-order valence-electron chi connectivity index (χ0n) is 31.7. The van der Waals surface area contributed by atoms with Crippen molar-refractivity contribution < 1.29 is 33.8 Å². The number of carboxylic acid groups (broad SMARTS) is 1. The van der Waals surface area contributed by atoms with Gasteiger partial charge in [-0.2, -0.15) is 0 Å². The molecule has 2 aliphatic rings. The van der Waals surface area contributed by atoms with Gasteiger partial charge in [0.15, 0.2) is 0 Å². The summed E-state index contributed by atoms with van der Waals surface area (Å²) in [6, 6.07) is 22.6. The van der Waals surface area contributed by atoms with E-state index in [4.69, 9.17) is 4.74 Å². The third kappa shape index (κ3) is 10.1. The van der Waals surface area contributed by atoms with E-state index in [1.54, 1.807) is 44.2 Å². The number of carbonyl (C=O) groups is 5. The molecule has 1 aromatic heterocycles. The van der Waals surface area contributed by atoms with Gasteiger partial charge >= 0.3 is 11.9 Å². The van der Waals surface area contributed by atoms with Gasteiger partial charge < -0.3 is 25.4 Å². The van der Waals surface area contributed by atoms with Gasteiger partial charge in [0.05, 0.1) is 23.7 Å². The van der Waals surface area contributed by atoms with Crippen LogP contribution in [-0.4, -0.2) is 52.8 Å². The van der Waals surface area contributed by atoms with E-state index in [-0.39, 0.29) is 42.6 Å². The normalized spacial score (nSPS) is 13.7. The van der Waals surface area contributed by atoms with Crippen LogP contribution >= 0.6 is 11.3 Å². The average molecular weight is 764 g/mol. The second kappa shape index (κ2) is 17.5. The summed E-state index contributed by atoms with van der Waals surface area (Å²) in [4.78, 5) is 67.1. The zero-order valence-corrected chi connectivity index (χ0v) is 32.6. The zero-order chi connectivity index (χ0) is 39.1. The Morgan fingerprint density at radius 2 is 1.51 bits per heavy atom. The number of esters is 1. The fourth-order valence-electron chi connectivity index (χ4n) is 6.92. The lowest BCUT2D eigenvalue weighted by atomic mass is 9.88. The number of thiophene rings is 1. The van der Waals surface area contributed by atoms with Crippen molar-refractivity contribution in [3.63, 3.8) is 0 Å². The Bertz CT molecular complexity index is 2050. The van der Waals surface area contributed by atoms with Crippen LogP contribution in [0.2, 0.25) is 0 Å². The quantitative estimate of drug-likeness (QED) is 0.0973. The van der Waals surface area contributed by atoms with Gasteiger partial charge in [-0.1, -0.05) is 36.4 Å². The van der Waals surface area contributed by atoms with Gasteiger partial charge in [0.2, 0.25) is 5.91 Å². The smallest absolute Gasteiger partial charge is 0.337 e. The summed E-state index contributed by atoms with van der Waals surface area (Å²) in [5.41, 5.74) is 5.27. The molecule has 3 aromatic carbocycles. The molecule has 1 fully saturated rings. The van der Waals surface area contributed by atoms with Crippen molar-refractivity contribution in [2.75, 3.05) is 17.7 Å². The Balaban J connectivity index is 1.09. The molecule has 1 saturated carbocycles. The lowest BCUT2D eigenvalue weighted by Crippen LogP contribution is -2.34. The Labute approximate surface area is 326 Å². The maximum Gasteiger partial charge on any atom is 0.337 e. The number of ether oxygens (including phenoxy) is 1. The van der Waals surface area contributed by atoms with Crippen molar-refractivity contribution in [1.29, 1.82) is 0 Å². The van der Waals surface area contributed by atoms with E-state index >= 15 is 0 Å². The van der Waals surface area contributed by atoms with E-state index in [1.807, 2.05) is 47.4 Å². The van der Waals surface area contributed by atoms with E-state index in [0.717, 1.165) is 84.9 Å². The maximum atomic E-state index is 13.9. The first kappa shape index (κ1) is 39.4. The summed E-state index contributed by atoms with van der Waals surface area (Å²) in [5, 5.41) is 16.1. The molecule has 10 nitrogen and oxygen atoms in total. The van der Waals surface area contributed by atoms with Crippen LogP contribution in [0.15, 0.2) is 72.8 Å². The minimum atomic E-state index is -0.990. The molecular formula is C44H49N3O7S. The number of amides is 3. The van der Waals surface area contributed by atoms with Crippen molar-refractivity contribution in [3.05, 3.63) is 117 Å². The highest BCUT2D eigenvalue weighted by molar-refractivity contribution is 7.17. The number of aliphatic carboxylic acids is 1. The van der Waals surface area contributed by atoms with E-state index in [2.05, 4.69) is 10.6 Å². The second-order valence-electron chi connectivity index (χ2n) is 15.2. The van der Waals surface area contributed by atoms with Gasteiger partial charge in [0.1, 0.15) is 5.00 Å². The number of aryl methyl sites for hydroxylation is 3. The Morgan fingerprint density at radius 1 is 0.836 bits per heavy atom. The van der Waals surface area contributed by atoms with Crippen LogP contribution in [0.25, 0.3) is 0 Å². The number of fused-ring (bicyclic) bond motifs is 1. The van der Waals surface area contributed by atoms with E-state index in [1.165, 1.54) is 18.4 Å². The van der Waals surface area contributed by atoms with E-state index < -0.39 is 11.4 Å². The third-order valence-corrected chi connectivity index (χ3v) is 11.7. The summed E-state index contributed by atoms with van der Waals surface area (Å²) < 4.78 is 4.77. The molecule has 1 heterocycles. The van der Waals surface area contributed by atoms with Gasteiger partial charge in [-0.25, -0.2) is 4.79 Å². The van der Waals surface area contributed by atoms with Crippen molar-refractivity contribution in [2.24, 2.45) is 5.41 Å². The highest BCUT2D eigenvalue weighted by Crippen LogP contribution is 2.39. The van der Waals surface area contributed by atoms with Gasteiger partial charge in [-0.15, -0.1) is 11.3 Å². The lowest BCUT2D eigenvalue weighted by Gasteiger charge is -2.25. The van der Waals surface area contributed by atoms with Crippen LogP contribution in [0.1, 0.15) is 117 Å². The van der Waals surface area contributed by atoms with Gasteiger partial charge in [-0.3, -0.25) is 19.2 Å². The molecule has 0 radical (unpaired) electrons. The molecule has 0 bridgehead atoms. The second-order valence-corrected chi connectivity index (χ2v) is 16.3. The third-order valence-electron chi connectivity index (χ3n) is 10.5. The molecule has 0 atom stereocenters. The first-order chi connectivity index (χ1) is 26.4. The molecule has 3 amide bonds. The Kier molecular flexibility index (Phi) is 12.5. The predicted octanol–water partition coefficient (Wildman–Crippen LogP) is 8.48. The van der Waals surface area contributed by atoms with Crippen molar-refractivity contribution >= 4 is 51.7 Å². The molecule has 55 heavy (non-hydrogen) atoms. The average Bonchev–Trinajstić information content (AvgIpc) is 3.96. The molecule has 0 aliphatic heterocycles. The van der Waals surface area contributed by atoms with Crippen LogP contribution in [0.5, 0.6) is 0 Å². The first-order valence-corrected chi connectivity index (χ1v) is 19.9. The molecule has 11 heteroatoms. The highest BCUT2D eigenvalue weighted by atomic mass is 32.1. The predicted molar refractivity (Wildman–Crippen MR) is 214 cm³/mol. The SMILES string of the molecule is COC(=O)c1ccc(CCCc2ccc(NC(=O)c3c(NC(=O)c4cccc(CN(C(=O)CCC(C)(C)C(=O)O)C5CC5)c4)sc4c3CCCC4)cc2)cc1. The van der Waals surface area contributed by atoms with E-state index in [0.29, 0.717) is 33.9 Å². The first-order valence-electron chi connectivity index (χ1n) is 19.1. The van der Waals surface area contributed by atoms with Crippen LogP contribution in [0.4, 0.5) is 10.7 Å². The summed E-state index contributed by atoms with van der Waals surface area (Å²) >= 11 is 1.47. The van der Waals surface area contributed by atoms with Gasteiger partial charge in [-0.05, 0) is 137 Å². The number of methoxy groups -OCH3 is 1. The monoisotopic (exact) mass is 763 g/mol. The standard InChI is InChI=1S/C44H49N3O7S/c1-44(2,43(52)53)25-24-37(48)47(34-22-23-34)27-30-10-7-11-32(26-30)39(49)46-41-38(35-12-4-5-13-36(35)55-41)40(50)45-33-20-16-29(17-21-33)9-6-8-28-14-18-31(19-15-28)42(51)54-3/h7,10-11,14-21,26,34H,4-6,8-9,12-13,22-25,27H2,1-3H3,(H,45,50)(H,46,49)(H,52,53). The highest BCUT2D eigenvalue weighted by Gasteiger charge is 2.35. The van der Waals surface area contributed by atoms with Crippen molar-refractivity contribution in [2.45, 2.75) is 97.1 Å². The Hall–Kier alpha value is -5.29. The largest absolute Gasteiger partial charge is 0.481 e. The molecule has 4 aromatic rings. The number of nitrogens with one attached hydrogen (secondary N) is 2. The number of hydrogen-bond donors (Lipinski definition) is 3. The molecule has 0 saturated heterocycles. The number of nitrogens with zero attached hydrogens (tertiary/aromatic N) is 1. The number of benzene rings is 3. The number of carboxylic acids is 1. The van der Waals surface area contributed by atoms with Crippen molar-refractivity contribution in [3.8, 4) is 0 Å². The molecule has 3 N–H and O–H groups in total.